The van der Waals surface area contributed by atoms with Crippen molar-refractivity contribution in [3.8, 4) is 11.3 Å². The molecule has 1 aliphatic heterocycles. The van der Waals surface area contributed by atoms with Gasteiger partial charge in [0.1, 0.15) is 5.76 Å². The fourth-order valence-electron chi connectivity index (χ4n) is 3.63. The summed E-state index contributed by atoms with van der Waals surface area (Å²) >= 11 is 18.7. The van der Waals surface area contributed by atoms with E-state index in [-0.39, 0.29) is 11.7 Å². The van der Waals surface area contributed by atoms with E-state index >= 15 is 0 Å². The number of carbonyl (C=O) groups is 1. The Balaban J connectivity index is 1.44. The van der Waals surface area contributed by atoms with Gasteiger partial charge in [0.15, 0.2) is 5.76 Å². The highest BCUT2D eigenvalue weighted by Gasteiger charge is 2.19. The number of nitrogens with zero attached hydrogens (tertiary/aromatic N) is 2. The summed E-state index contributed by atoms with van der Waals surface area (Å²) in [6.07, 6.45) is 0. The third-order valence-electron chi connectivity index (χ3n) is 5.39. The molecule has 1 saturated heterocycles. The number of rotatable bonds is 5. The van der Waals surface area contributed by atoms with E-state index in [0.29, 0.717) is 32.1 Å². The first kappa shape index (κ1) is 22.0. The minimum absolute atomic E-state index is 0.178. The summed E-state index contributed by atoms with van der Waals surface area (Å²) < 4.78 is 5.71. The number of anilines is 2. The molecule has 5 nitrogen and oxygen atoms in total. The van der Waals surface area contributed by atoms with Gasteiger partial charge in [-0.25, -0.2) is 0 Å². The fourth-order valence-corrected chi connectivity index (χ4v) is 4.43. The molecule has 0 aliphatic carbocycles. The van der Waals surface area contributed by atoms with Gasteiger partial charge in [-0.05, 0) is 55.1 Å². The average molecular weight is 479 g/mol. The van der Waals surface area contributed by atoms with Crippen LogP contribution in [0, 0.1) is 0 Å². The van der Waals surface area contributed by atoms with Crippen LogP contribution >= 0.6 is 34.8 Å². The van der Waals surface area contributed by atoms with E-state index in [9.17, 15) is 4.79 Å². The molecule has 1 aliphatic rings. The Morgan fingerprint density at radius 2 is 1.74 bits per heavy atom. The van der Waals surface area contributed by atoms with Gasteiger partial charge in [-0.15, -0.1) is 0 Å². The number of benzene rings is 2. The van der Waals surface area contributed by atoms with Crippen molar-refractivity contribution in [2.45, 2.75) is 6.92 Å². The largest absolute Gasteiger partial charge is 0.451 e. The Kier molecular flexibility index (Phi) is 6.77. The van der Waals surface area contributed by atoms with Gasteiger partial charge in [0.05, 0.1) is 15.7 Å². The van der Waals surface area contributed by atoms with Crippen molar-refractivity contribution >= 4 is 52.1 Å². The van der Waals surface area contributed by atoms with Crippen LogP contribution in [0.1, 0.15) is 17.5 Å². The number of carbonyl (C=O) groups excluding carboxylic acids is 1. The molecule has 0 saturated carbocycles. The second-order valence-corrected chi connectivity index (χ2v) is 8.58. The predicted octanol–water partition coefficient (Wildman–Crippen LogP) is 6.30. The maximum absolute atomic E-state index is 12.6. The Hall–Kier alpha value is -2.18. The predicted molar refractivity (Wildman–Crippen MR) is 128 cm³/mol. The molecule has 2 heterocycles. The summed E-state index contributed by atoms with van der Waals surface area (Å²) in [6.45, 7) is 7.13. The molecule has 0 spiro atoms. The lowest BCUT2D eigenvalue weighted by Gasteiger charge is -2.36. The number of piperazine rings is 1. The Labute approximate surface area is 196 Å². The molecule has 2 aromatic carbocycles. The molecule has 1 N–H and O–H groups in total. The third kappa shape index (κ3) is 5.01. The third-order valence-corrected chi connectivity index (χ3v) is 6.24. The number of halogens is 3. The van der Waals surface area contributed by atoms with Crippen LogP contribution in [0.3, 0.4) is 0 Å². The molecule has 31 heavy (non-hydrogen) atoms. The van der Waals surface area contributed by atoms with Gasteiger partial charge in [-0.3, -0.25) is 4.79 Å². The maximum atomic E-state index is 12.6. The van der Waals surface area contributed by atoms with Crippen molar-refractivity contribution in [2.75, 3.05) is 42.9 Å². The van der Waals surface area contributed by atoms with Crippen LogP contribution in [0.4, 0.5) is 11.4 Å². The number of hydrogen-bond acceptors (Lipinski definition) is 4. The molecule has 0 unspecified atom stereocenters. The van der Waals surface area contributed by atoms with Crippen LogP contribution in [-0.2, 0) is 0 Å². The van der Waals surface area contributed by atoms with Crippen molar-refractivity contribution in [3.63, 3.8) is 0 Å². The van der Waals surface area contributed by atoms with E-state index in [0.717, 1.165) is 38.4 Å². The normalized spacial score (nSPS) is 14.6. The van der Waals surface area contributed by atoms with Gasteiger partial charge in [-0.2, -0.15) is 0 Å². The van der Waals surface area contributed by atoms with Crippen LogP contribution in [0.15, 0.2) is 52.9 Å². The standard InChI is InChI=1S/C23H22Cl3N3O2/c1-2-28-9-11-29(12-10-28)20-6-4-16(14-19(20)26)27-23(30)22-8-7-21(31-22)17-5-3-15(24)13-18(17)25/h3-8,13-14H,2,9-12H2,1H3,(H,27,30). The lowest BCUT2D eigenvalue weighted by molar-refractivity contribution is 0.0997. The summed E-state index contributed by atoms with van der Waals surface area (Å²) in [5.74, 6) is 0.306. The summed E-state index contributed by atoms with van der Waals surface area (Å²) in [6, 6.07) is 14.0. The van der Waals surface area contributed by atoms with Crippen LogP contribution in [0.25, 0.3) is 11.3 Å². The van der Waals surface area contributed by atoms with Crippen molar-refractivity contribution < 1.29 is 9.21 Å². The van der Waals surface area contributed by atoms with Gasteiger partial charge in [0.2, 0.25) is 0 Å². The molecule has 0 bridgehead atoms. The SMILES string of the molecule is CCN1CCN(c2ccc(NC(=O)c3ccc(-c4ccc(Cl)cc4Cl)o3)cc2Cl)CC1. The summed E-state index contributed by atoms with van der Waals surface area (Å²) in [4.78, 5) is 17.3. The maximum Gasteiger partial charge on any atom is 0.291 e. The number of hydrogen-bond donors (Lipinski definition) is 1. The lowest BCUT2D eigenvalue weighted by atomic mass is 10.2. The highest BCUT2D eigenvalue weighted by Crippen LogP contribution is 2.32. The molecular weight excluding hydrogens is 457 g/mol. The van der Waals surface area contributed by atoms with Crippen LogP contribution < -0.4 is 10.2 Å². The first-order valence-electron chi connectivity index (χ1n) is 10.1. The zero-order valence-electron chi connectivity index (χ0n) is 17.0. The molecule has 0 atom stereocenters. The van der Waals surface area contributed by atoms with Gasteiger partial charge >= 0.3 is 0 Å². The second-order valence-electron chi connectivity index (χ2n) is 7.33. The molecule has 1 fully saturated rings. The smallest absolute Gasteiger partial charge is 0.291 e. The van der Waals surface area contributed by atoms with Crippen molar-refractivity contribution in [1.29, 1.82) is 0 Å². The second kappa shape index (κ2) is 9.53. The minimum Gasteiger partial charge on any atom is -0.451 e. The molecule has 4 rings (SSSR count). The van der Waals surface area contributed by atoms with E-state index in [1.807, 2.05) is 12.1 Å². The quantitative estimate of drug-likeness (QED) is 0.467. The lowest BCUT2D eigenvalue weighted by Crippen LogP contribution is -2.46. The van der Waals surface area contributed by atoms with Gasteiger partial charge < -0.3 is 19.5 Å². The van der Waals surface area contributed by atoms with Crippen molar-refractivity contribution in [2.24, 2.45) is 0 Å². The van der Waals surface area contributed by atoms with E-state index in [2.05, 4.69) is 22.0 Å². The van der Waals surface area contributed by atoms with Crippen LogP contribution in [-0.4, -0.2) is 43.5 Å². The van der Waals surface area contributed by atoms with Crippen LogP contribution in [0.5, 0.6) is 0 Å². The highest BCUT2D eigenvalue weighted by molar-refractivity contribution is 6.36. The Bertz CT molecular complexity index is 1090. The molecule has 1 amide bonds. The number of furan rings is 1. The van der Waals surface area contributed by atoms with Gasteiger partial charge in [0, 0.05) is 42.5 Å². The molecule has 1 aromatic heterocycles. The minimum atomic E-state index is -0.364. The first-order chi connectivity index (χ1) is 14.9. The summed E-state index contributed by atoms with van der Waals surface area (Å²) in [5, 5.41) is 4.43. The van der Waals surface area contributed by atoms with Gasteiger partial charge in [0.25, 0.3) is 5.91 Å². The van der Waals surface area contributed by atoms with Crippen molar-refractivity contribution in [3.05, 3.63) is 69.4 Å². The highest BCUT2D eigenvalue weighted by atomic mass is 35.5. The molecule has 162 valence electrons. The van der Waals surface area contributed by atoms with E-state index in [1.54, 1.807) is 36.4 Å². The van der Waals surface area contributed by atoms with Gasteiger partial charge in [-0.1, -0.05) is 41.7 Å². The fraction of sp³-hybridized carbons (Fsp3) is 0.261. The number of amides is 1. The Morgan fingerprint density at radius 1 is 0.968 bits per heavy atom. The van der Waals surface area contributed by atoms with Crippen molar-refractivity contribution in [1.82, 2.24) is 4.90 Å². The summed E-state index contributed by atoms with van der Waals surface area (Å²) in [5.41, 5.74) is 2.25. The molecule has 8 heteroatoms. The Morgan fingerprint density at radius 3 is 2.42 bits per heavy atom. The number of nitrogens with one attached hydrogen (secondary N) is 1. The summed E-state index contributed by atoms with van der Waals surface area (Å²) in [7, 11) is 0. The average Bonchev–Trinajstić information content (AvgIpc) is 3.24. The zero-order chi connectivity index (χ0) is 22.0. The van der Waals surface area contributed by atoms with E-state index in [1.165, 1.54) is 0 Å². The zero-order valence-corrected chi connectivity index (χ0v) is 19.3. The van der Waals surface area contributed by atoms with E-state index in [4.69, 9.17) is 39.2 Å². The molecule has 3 aromatic rings. The molecular formula is C23H22Cl3N3O2. The molecule has 0 radical (unpaired) electrons. The van der Waals surface area contributed by atoms with Crippen LogP contribution in [0.2, 0.25) is 15.1 Å². The topological polar surface area (TPSA) is 48.7 Å². The first-order valence-corrected chi connectivity index (χ1v) is 11.2. The monoisotopic (exact) mass is 477 g/mol. The van der Waals surface area contributed by atoms with E-state index < -0.39 is 0 Å². The number of likely N-dealkylation sites (N-methyl/N-ethyl adjacent to an activating group) is 1.